The Kier molecular flexibility index (Phi) is 7.06. The monoisotopic (exact) mass is 440 g/mol. The number of amidine groups is 1. The van der Waals surface area contributed by atoms with E-state index in [1.807, 2.05) is 0 Å². The van der Waals surface area contributed by atoms with Gasteiger partial charge in [0.15, 0.2) is 17.3 Å². The molecule has 9 heteroatoms. The summed E-state index contributed by atoms with van der Waals surface area (Å²) in [5, 5.41) is 9.98. The molecule has 0 aliphatic carbocycles. The molecule has 3 heterocycles. The molecular weight excluding hydrogens is 408 g/mol. The SMILES string of the molecule is CC(=O)/N=C1/Nc2cc(C(=O)N3CCC[C@@H](N)C3)ccc2O/C1=C/NC1CCCNCC1. The summed E-state index contributed by atoms with van der Waals surface area (Å²) in [5.74, 6) is 0.966. The average molecular weight is 441 g/mol. The van der Waals surface area contributed by atoms with Crippen LogP contribution in [0.3, 0.4) is 0 Å². The van der Waals surface area contributed by atoms with Crippen molar-refractivity contribution in [1.82, 2.24) is 15.5 Å². The van der Waals surface area contributed by atoms with Crippen LogP contribution in [-0.4, -0.2) is 60.8 Å². The Bertz CT molecular complexity index is 920. The number of likely N-dealkylation sites (tertiary alicyclic amines) is 1. The number of hydrogen-bond donors (Lipinski definition) is 4. The van der Waals surface area contributed by atoms with Gasteiger partial charge in [0.1, 0.15) is 0 Å². The van der Waals surface area contributed by atoms with Crippen molar-refractivity contribution in [2.75, 3.05) is 31.5 Å². The van der Waals surface area contributed by atoms with E-state index in [1.54, 1.807) is 29.3 Å². The number of hydrogen-bond acceptors (Lipinski definition) is 6. The first kappa shape index (κ1) is 22.3. The van der Waals surface area contributed by atoms with Crippen LogP contribution in [0.25, 0.3) is 0 Å². The molecule has 1 aromatic rings. The van der Waals surface area contributed by atoms with Gasteiger partial charge in [0.05, 0.1) is 5.69 Å². The summed E-state index contributed by atoms with van der Waals surface area (Å²) >= 11 is 0. The first-order valence-corrected chi connectivity index (χ1v) is 11.4. The number of aliphatic imine (C=N–C) groups is 1. The van der Waals surface area contributed by atoms with Gasteiger partial charge in [0.2, 0.25) is 5.91 Å². The van der Waals surface area contributed by atoms with Crippen molar-refractivity contribution in [2.45, 2.75) is 51.1 Å². The molecule has 0 saturated carbocycles. The van der Waals surface area contributed by atoms with Gasteiger partial charge in [-0.2, -0.15) is 4.99 Å². The molecule has 2 atom stereocenters. The fraction of sp³-hybridized carbons (Fsp3) is 0.522. The van der Waals surface area contributed by atoms with Gasteiger partial charge >= 0.3 is 0 Å². The number of ether oxygens (including phenoxy) is 1. The van der Waals surface area contributed by atoms with Crippen LogP contribution < -0.4 is 26.4 Å². The Hall–Kier alpha value is -2.91. The lowest BCUT2D eigenvalue weighted by molar-refractivity contribution is -0.115. The van der Waals surface area contributed by atoms with E-state index in [0.29, 0.717) is 47.7 Å². The molecule has 2 fully saturated rings. The third-order valence-electron chi connectivity index (χ3n) is 5.97. The number of amides is 2. The number of piperidine rings is 1. The van der Waals surface area contributed by atoms with Crippen molar-refractivity contribution in [3.63, 3.8) is 0 Å². The maximum absolute atomic E-state index is 13.0. The van der Waals surface area contributed by atoms with E-state index >= 15 is 0 Å². The molecule has 0 bridgehead atoms. The number of nitrogens with two attached hydrogens (primary N) is 1. The summed E-state index contributed by atoms with van der Waals surface area (Å²) in [7, 11) is 0. The summed E-state index contributed by atoms with van der Waals surface area (Å²) in [6, 6.07) is 5.63. The Morgan fingerprint density at radius 2 is 2.12 bits per heavy atom. The molecule has 9 nitrogen and oxygen atoms in total. The highest BCUT2D eigenvalue weighted by Crippen LogP contribution is 2.32. The van der Waals surface area contributed by atoms with Gasteiger partial charge in [0, 0.05) is 43.9 Å². The smallest absolute Gasteiger partial charge is 0.253 e. The number of carbonyl (C=O) groups is 2. The summed E-state index contributed by atoms with van der Waals surface area (Å²) in [6.45, 7) is 4.66. The molecule has 2 saturated heterocycles. The highest BCUT2D eigenvalue weighted by molar-refractivity contribution is 6.13. The molecule has 4 rings (SSSR count). The molecule has 2 amide bonds. The number of benzene rings is 1. The molecule has 0 aromatic heterocycles. The minimum Gasteiger partial charge on any atom is -0.450 e. The summed E-state index contributed by atoms with van der Waals surface area (Å²) in [4.78, 5) is 30.5. The fourth-order valence-corrected chi connectivity index (χ4v) is 4.30. The van der Waals surface area contributed by atoms with Crippen molar-refractivity contribution in [3.8, 4) is 5.75 Å². The van der Waals surface area contributed by atoms with Crippen molar-refractivity contribution < 1.29 is 14.3 Å². The van der Waals surface area contributed by atoms with Crippen LogP contribution in [-0.2, 0) is 4.79 Å². The van der Waals surface area contributed by atoms with Gasteiger partial charge in [0.25, 0.3) is 5.91 Å². The third-order valence-corrected chi connectivity index (χ3v) is 5.97. The standard InChI is InChI=1S/C23H32N6O3/c1-15(30)27-22-21(13-26-18-5-2-9-25-10-8-18)32-20-7-6-16(12-19(20)28-22)23(31)29-11-3-4-17(24)14-29/h6-7,12-13,17-18,25-26H,2-5,8-11,14,24H2,1H3,(H,27,28,30)/b21-13+/t17-,18?/m1/s1. The van der Waals surface area contributed by atoms with Crippen molar-refractivity contribution in [3.05, 3.63) is 35.7 Å². The summed E-state index contributed by atoms with van der Waals surface area (Å²) in [5.41, 5.74) is 7.19. The van der Waals surface area contributed by atoms with E-state index in [2.05, 4.69) is 20.9 Å². The molecular formula is C23H32N6O3. The minimum atomic E-state index is -0.335. The number of fused-ring (bicyclic) bond motifs is 1. The van der Waals surface area contributed by atoms with Crippen LogP contribution >= 0.6 is 0 Å². The summed E-state index contributed by atoms with van der Waals surface area (Å²) in [6.07, 6.45) is 6.81. The van der Waals surface area contributed by atoms with Crippen LogP contribution in [0.1, 0.15) is 49.4 Å². The molecule has 1 aromatic carbocycles. The Morgan fingerprint density at radius 1 is 1.25 bits per heavy atom. The number of nitrogens with zero attached hydrogens (tertiary/aromatic N) is 2. The van der Waals surface area contributed by atoms with Gasteiger partial charge in [-0.3, -0.25) is 9.59 Å². The summed E-state index contributed by atoms with van der Waals surface area (Å²) < 4.78 is 6.06. The predicted molar refractivity (Wildman–Crippen MR) is 124 cm³/mol. The second-order valence-corrected chi connectivity index (χ2v) is 8.62. The van der Waals surface area contributed by atoms with E-state index in [1.165, 1.54) is 6.92 Å². The van der Waals surface area contributed by atoms with E-state index < -0.39 is 0 Å². The maximum atomic E-state index is 13.0. The average Bonchev–Trinajstić information content (AvgIpc) is 3.05. The van der Waals surface area contributed by atoms with E-state index in [0.717, 1.165) is 45.2 Å². The van der Waals surface area contributed by atoms with Crippen molar-refractivity contribution in [1.29, 1.82) is 0 Å². The maximum Gasteiger partial charge on any atom is 0.253 e. The zero-order chi connectivity index (χ0) is 22.5. The largest absolute Gasteiger partial charge is 0.450 e. The lowest BCUT2D eigenvalue weighted by Gasteiger charge is -2.31. The predicted octanol–water partition coefficient (Wildman–Crippen LogP) is 1.57. The Labute approximate surface area is 188 Å². The molecule has 32 heavy (non-hydrogen) atoms. The van der Waals surface area contributed by atoms with Crippen LogP contribution in [0.5, 0.6) is 5.75 Å². The second-order valence-electron chi connectivity index (χ2n) is 8.62. The van der Waals surface area contributed by atoms with Crippen LogP contribution in [0.4, 0.5) is 5.69 Å². The number of rotatable bonds is 3. The number of anilines is 1. The third kappa shape index (κ3) is 5.46. The molecule has 5 N–H and O–H groups in total. The molecule has 172 valence electrons. The Balaban J connectivity index is 1.53. The number of carbonyl (C=O) groups excluding carboxylic acids is 2. The lowest BCUT2D eigenvalue weighted by Crippen LogP contribution is -2.45. The first-order chi connectivity index (χ1) is 15.5. The molecule has 0 radical (unpaired) electrons. The highest BCUT2D eigenvalue weighted by atomic mass is 16.5. The van der Waals surface area contributed by atoms with Crippen LogP contribution in [0.15, 0.2) is 35.2 Å². The quantitative estimate of drug-likeness (QED) is 0.563. The van der Waals surface area contributed by atoms with Gasteiger partial charge < -0.3 is 31.3 Å². The van der Waals surface area contributed by atoms with Gasteiger partial charge in [-0.1, -0.05) is 0 Å². The van der Waals surface area contributed by atoms with E-state index in [4.69, 9.17) is 10.5 Å². The fourth-order valence-electron chi connectivity index (χ4n) is 4.30. The van der Waals surface area contributed by atoms with Crippen LogP contribution in [0.2, 0.25) is 0 Å². The highest BCUT2D eigenvalue weighted by Gasteiger charge is 2.26. The lowest BCUT2D eigenvalue weighted by atomic mass is 10.0. The second kappa shape index (κ2) is 10.1. The first-order valence-electron chi connectivity index (χ1n) is 11.4. The van der Waals surface area contributed by atoms with Crippen molar-refractivity contribution >= 4 is 23.3 Å². The number of nitrogens with one attached hydrogen (secondary N) is 3. The van der Waals surface area contributed by atoms with E-state index in [-0.39, 0.29) is 17.9 Å². The molecule has 3 aliphatic heterocycles. The Morgan fingerprint density at radius 3 is 2.94 bits per heavy atom. The zero-order valence-corrected chi connectivity index (χ0v) is 18.5. The van der Waals surface area contributed by atoms with Crippen LogP contribution in [0, 0.1) is 0 Å². The van der Waals surface area contributed by atoms with Gasteiger partial charge in [-0.25, -0.2) is 0 Å². The van der Waals surface area contributed by atoms with Gasteiger partial charge in [-0.05, 0) is 63.4 Å². The molecule has 0 spiro atoms. The molecule has 1 unspecified atom stereocenters. The van der Waals surface area contributed by atoms with Gasteiger partial charge in [-0.15, -0.1) is 0 Å². The van der Waals surface area contributed by atoms with Crippen molar-refractivity contribution in [2.24, 2.45) is 10.7 Å². The normalized spacial score (nSPS) is 26.0. The zero-order valence-electron chi connectivity index (χ0n) is 18.5. The molecule has 3 aliphatic rings. The van der Waals surface area contributed by atoms with E-state index in [9.17, 15) is 9.59 Å². The topological polar surface area (TPSA) is 121 Å². The minimum absolute atomic E-state index is 0.0190.